The molecule has 3 atom stereocenters. The minimum absolute atomic E-state index is 0.0758. The lowest BCUT2D eigenvalue weighted by Gasteiger charge is -2.27. The fraction of sp³-hybridized carbons (Fsp3) is 1.00. The first-order valence-electron chi connectivity index (χ1n) is 3.26. The van der Waals surface area contributed by atoms with Crippen LogP contribution in [0.5, 0.6) is 0 Å². The molecule has 1 fully saturated rings. The molecule has 6 heteroatoms. The van der Waals surface area contributed by atoms with E-state index < -0.39 is 18.4 Å². The highest BCUT2D eigenvalue weighted by Crippen LogP contribution is 2.14. The zero-order chi connectivity index (χ0) is 8.27. The van der Waals surface area contributed by atoms with E-state index in [1.165, 1.54) is 0 Å². The number of aliphatic hydroxyl groups is 2. The summed E-state index contributed by atoms with van der Waals surface area (Å²) in [6.45, 7) is 0.0758. The van der Waals surface area contributed by atoms with Crippen molar-refractivity contribution in [2.45, 2.75) is 24.9 Å². The lowest BCUT2D eigenvalue weighted by molar-refractivity contribution is -0.159. The maximum atomic E-state index is 9.17. The molecule has 62 valence electrons. The quantitative estimate of drug-likeness (QED) is 0.314. The van der Waals surface area contributed by atoms with Gasteiger partial charge in [-0.25, -0.2) is 0 Å². The van der Waals surface area contributed by atoms with Crippen LogP contribution in [0.2, 0.25) is 0 Å². The molecule has 1 unspecified atom stereocenters. The summed E-state index contributed by atoms with van der Waals surface area (Å²) in [4.78, 5) is 2.54. The van der Waals surface area contributed by atoms with Gasteiger partial charge in [0, 0.05) is 11.3 Å². The lowest BCUT2D eigenvalue weighted by Crippen LogP contribution is -2.39. The Morgan fingerprint density at radius 2 is 2.27 bits per heavy atom. The van der Waals surface area contributed by atoms with E-state index in [0.717, 1.165) is 0 Å². The predicted molar refractivity (Wildman–Crippen MR) is 35.5 cm³/mol. The number of hydrogen-bond donors (Lipinski definition) is 2. The molecule has 1 heterocycles. The van der Waals surface area contributed by atoms with E-state index in [2.05, 4.69) is 10.0 Å². The van der Waals surface area contributed by atoms with Gasteiger partial charge in [0.05, 0.1) is 18.8 Å². The molecule has 1 aliphatic heterocycles. The average molecular weight is 159 g/mol. The fourth-order valence-corrected chi connectivity index (χ4v) is 0.929. The third-order valence-corrected chi connectivity index (χ3v) is 1.55. The van der Waals surface area contributed by atoms with Gasteiger partial charge in [0.15, 0.2) is 6.29 Å². The summed E-state index contributed by atoms with van der Waals surface area (Å²) in [5.41, 5.74) is 8.03. The van der Waals surface area contributed by atoms with Crippen LogP contribution in [0.1, 0.15) is 6.42 Å². The first-order chi connectivity index (χ1) is 5.24. The number of rotatable bonds is 1. The van der Waals surface area contributed by atoms with E-state index in [0.29, 0.717) is 0 Å². The van der Waals surface area contributed by atoms with Gasteiger partial charge in [0.1, 0.15) is 0 Å². The Bertz CT molecular complexity index is 180. The van der Waals surface area contributed by atoms with Crippen molar-refractivity contribution in [2.75, 3.05) is 6.61 Å². The maximum absolute atomic E-state index is 9.17. The minimum Gasteiger partial charge on any atom is -0.392 e. The van der Waals surface area contributed by atoms with Gasteiger partial charge in [0.2, 0.25) is 0 Å². The summed E-state index contributed by atoms with van der Waals surface area (Å²) in [5.74, 6) is 0. The number of ether oxygens (including phenoxy) is 1. The van der Waals surface area contributed by atoms with Crippen molar-refractivity contribution < 1.29 is 14.9 Å². The Balaban J connectivity index is 2.50. The van der Waals surface area contributed by atoms with E-state index >= 15 is 0 Å². The molecule has 1 rings (SSSR count). The van der Waals surface area contributed by atoms with Crippen LogP contribution in [0.4, 0.5) is 0 Å². The Morgan fingerprint density at radius 1 is 1.55 bits per heavy atom. The Kier molecular flexibility index (Phi) is 2.67. The van der Waals surface area contributed by atoms with Crippen LogP contribution < -0.4 is 0 Å². The summed E-state index contributed by atoms with van der Waals surface area (Å²) in [5, 5.41) is 21.3. The molecule has 0 aliphatic carbocycles. The number of hydrogen-bond acceptors (Lipinski definition) is 4. The van der Waals surface area contributed by atoms with Gasteiger partial charge in [-0.2, -0.15) is 0 Å². The van der Waals surface area contributed by atoms with Crippen molar-refractivity contribution >= 4 is 0 Å². The number of nitrogens with zero attached hydrogens (tertiary/aromatic N) is 3. The SMILES string of the molecule is [N-]=[N+]=N[C@@H]1COC(O)C[C@@H]1O. The van der Waals surface area contributed by atoms with Gasteiger partial charge in [0.25, 0.3) is 0 Å². The van der Waals surface area contributed by atoms with Gasteiger partial charge in [-0.05, 0) is 5.53 Å². The molecule has 0 amide bonds. The van der Waals surface area contributed by atoms with Gasteiger partial charge in [-0.3, -0.25) is 0 Å². The highest BCUT2D eigenvalue weighted by molar-refractivity contribution is 4.80. The topological polar surface area (TPSA) is 98.5 Å². The molecule has 0 aromatic carbocycles. The van der Waals surface area contributed by atoms with Crippen LogP contribution >= 0.6 is 0 Å². The Morgan fingerprint density at radius 3 is 2.82 bits per heavy atom. The molecular formula is C5H9N3O3. The summed E-state index contributed by atoms with van der Waals surface area (Å²) >= 11 is 0. The molecule has 1 saturated heterocycles. The van der Waals surface area contributed by atoms with Gasteiger partial charge >= 0.3 is 0 Å². The Labute approximate surface area is 63.0 Å². The summed E-state index contributed by atoms with van der Waals surface area (Å²) < 4.78 is 4.74. The van der Waals surface area contributed by atoms with Gasteiger partial charge in [-0.15, -0.1) is 0 Å². The minimum atomic E-state index is -0.935. The third-order valence-electron chi connectivity index (χ3n) is 1.55. The van der Waals surface area contributed by atoms with Crippen LogP contribution in [-0.2, 0) is 4.74 Å². The average Bonchev–Trinajstić information content (AvgIpc) is 1.95. The van der Waals surface area contributed by atoms with Crippen LogP contribution in [0.15, 0.2) is 5.11 Å². The zero-order valence-corrected chi connectivity index (χ0v) is 5.79. The van der Waals surface area contributed by atoms with E-state index in [1.807, 2.05) is 0 Å². The number of azide groups is 1. The molecule has 0 spiro atoms. The van der Waals surface area contributed by atoms with Crippen LogP contribution in [0.3, 0.4) is 0 Å². The maximum Gasteiger partial charge on any atom is 0.157 e. The van der Waals surface area contributed by atoms with E-state index in [1.54, 1.807) is 0 Å². The first-order valence-corrected chi connectivity index (χ1v) is 3.26. The van der Waals surface area contributed by atoms with Crippen molar-refractivity contribution in [1.29, 1.82) is 0 Å². The summed E-state index contributed by atoms with van der Waals surface area (Å²) in [7, 11) is 0. The summed E-state index contributed by atoms with van der Waals surface area (Å²) in [6, 6.07) is -0.566. The second-order valence-electron chi connectivity index (χ2n) is 2.36. The molecule has 0 aromatic rings. The predicted octanol–water partition coefficient (Wildman–Crippen LogP) is -0.235. The monoisotopic (exact) mass is 159 g/mol. The molecule has 0 aromatic heterocycles. The molecule has 0 radical (unpaired) electrons. The smallest absolute Gasteiger partial charge is 0.157 e. The third kappa shape index (κ3) is 2.06. The van der Waals surface area contributed by atoms with Crippen molar-refractivity contribution in [3.63, 3.8) is 0 Å². The van der Waals surface area contributed by atoms with Crippen LogP contribution in [-0.4, -0.2) is 35.3 Å². The zero-order valence-electron chi connectivity index (χ0n) is 5.79. The fourth-order valence-electron chi connectivity index (χ4n) is 0.929. The second kappa shape index (κ2) is 3.54. The normalized spacial score (nSPS) is 37.8. The molecule has 2 N–H and O–H groups in total. The molecule has 1 aliphatic rings. The van der Waals surface area contributed by atoms with Gasteiger partial charge in [-0.1, -0.05) is 5.11 Å². The second-order valence-corrected chi connectivity index (χ2v) is 2.36. The highest BCUT2D eigenvalue weighted by atomic mass is 16.6. The molecule has 11 heavy (non-hydrogen) atoms. The molecular weight excluding hydrogens is 150 g/mol. The highest BCUT2D eigenvalue weighted by Gasteiger charge is 2.27. The number of aliphatic hydroxyl groups excluding tert-OH is 2. The molecule has 0 saturated carbocycles. The summed E-state index contributed by atoms with van der Waals surface area (Å²) in [6.07, 6.45) is -1.63. The van der Waals surface area contributed by atoms with Crippen molar-refractivity contribution in [3.8, 4) is 0 Å². The van der Waals surface area contributed by atoms with Gasteiger partial charge < -0.3 is 14.9 Å². The van der Waals surface area contributed by atoms with Crippen LogP contribution in [0.25, 0.3) is 10.4 Å². The lowest BCUT2D eigenvalue weighted by atomic mass is 10.1. The molecule has 6 nitrogen and oxygen atoms in total. The molecule has 0 bridgehead atoms. The van der Waals surface area contributed by atoms with E-state index in [4.69, 9.17) is 20.5 Å². The van der Waals surface area contributed by atoms with Crippen LogP contribution in [0, 0.1) is 0 Å². The first kappa shape index (κ1) is 8.29. The van der Waals surface area contributed by atoms with Crippen molar-refractivity contribution in [2.24, 2.45) is 5.11 Å². The van der Waals surface area contributed by atoms with Crippen molar-refractivity contribution in [3.05, 3.63) is 10.4 Å². The van der Waals surface area contributed by atoms with E-state index in [9.17, 15) is 0 Å². The largest absolute Gasteiger partial charge is 0.392 e. The van der Waals surface area contributed by atoms with E-state index in [-0.39, 0.29) is 13.0 Å². The standard InChI is InChI=1S/C5H9N3O3/c6-8-7-3-2-11-5(10)1-4(3)9/h3-5,9-10H,1-2H2/t3-,4+,5?/m1/s1. The Hall–Kier alpha value is -0.810. The van der Waals surface area contributed by atoms with Crippen molar-refractivity contribution in [1.82, 2.24) is 0 Å².